The molecular formula is C23H26N6O5S2. The van der Waals surface area contributed by atoms with E-state index >= 15 is 0 Å². The van der Waals surface area contributed by atoms with Crippen LogP contribution in [0.4, 0.5) is 5.82 Å². The molecule has 36 heavy (non-hydrogen) atoms. The van der Waals surface area contributed by atoms with E-state index in [1.165, 1.54) is 18.1 Å². The lowest BCUT2D eigenvalue weighted by Gasteiger charge is -2.12. The van der Waals surface area contributed by atoms with Gasteiger partial charge in [0.05, 0.1) is 5.25 Å². The molecule has 4 heterocycles. The number of furan rings is 1. The van der Waals surface area contributed by atoms with E-state index in [4.69, 9.17) is 24.6 Å². The Morgan fingerprint density at radius 3 is 2.69 bits per heavy atom. The van der Waals surface area contributed by atoms with Crippen LogP contribution in [-0.4, -0.2) is 46.5 Å². The number of hydrogen-bond acceptors (Lipinski definition) is 10. The standard InChI is InChI=1S/C23H26N6O5S2/c1-13(2)36(30,31)27-7-4-8-29-22-20(21(24)25-11-26-22)28-23(29)35-19-10-18-17(32-12-33-18)9-15(19)16-6-5-14(3)34-16/h5-6,9-11,13,27H,4,7-8,12H2,1-3H3,(H2,24,25,26). The molecule has 0 unspecified atom stereocenters. The predicted molar refractivity (Wildman–Crippen MR) is 136 cm³/mol. The SMILES string of the molecule is Cc1ccc(-c2cc3c(cc2Sc2nc4c(N)ncnc4n2CCCNS(=O)(=O)C(C)C)OCO3)o1. The summed E-state index contributed by atoms with van der Waals surface area (Å²) in [6, 6.07) is 7.60. The molecule has 0 radical (unpaired) electrons. The fourth-order valence-corrected chi connectivity index (χ4v) is 5.53. The number of nitrogens with two attached hydrogens (primary N) is 1. The van der Waals surface area contributed by atoms with E-state index in [1.807, 2.05) is 35.8 Å². The normalized spacial score (nSPS) is 13.2. The van der Waals surface area contributed by atoms with Gasteiger partial charge in [0, 0.05) is 23.5 Å². The molecule has 0 atom stereocenters. The number of nitrogens with zero attached hydrogens (tertiary/aromatic N) is 4. The second-order valence-corrected chi connectivity index (χ2v) is 11.9. The van der Waals surface area contributed by atoms with E-state index in [0.29, 0.717) is 46.5 Å². The molecule has 13 heteroatoms. The number of hydrogen-bond donors (Lipinski definition) is 2. The van der Waals surface area contributed by atoms with Gasteiger partial charge in [0.25, 0.3) is 0 Å². The number of imidazole rings is 1. The van der Waals surface area contributed by atoms with Crippen LogP contribution in [0.15, 0.2) is 45.1 Å². The van der Waals surface area contributed by atoms with Gasteiger partial charge in [0.15, 0.2) is 33.6 Å². The second kappa shape index (κ2) is 9.64. The first-order valence-electron chi connectivity index (χ1n) is 11.4. The number of rotatable bonds is 9. The van der Waals surface area contributed by atoms with Gasteiger partial charge in [-0.2, -0.15) is 0 Å². The minimum atomic E-state index is -3.35. The molecule has 0 amide bonds. The van der Waals surface area contributed by atoms with E-state index in [2.05, 4.69) is 14.7 Å². The molecule has 0 spiro atoms. The monoisotopic (exact) mass is 530 g/mol. The van der Waals surface area contributed by atoms with Gasteiger partial charge in [0.1, 0.15) is 17.8 Å². The summed E-state index contributed by atoms with van der Waals surface area (Å²) in [5, 5.41) is 0.132. The highest BCUT2D eigenvalue weighted by Crippen LogP contribution is 2.45. The second-order valence-electron chi connectivity index (χ2n) is 8.53. The zero-order chi connectivity index (χ0) is 25.4. The average Bonchev–Trinajstić information content (AvgIpc) is 3.55. The van der Waals surface area contributed by atoms with Crippen molar-refractivity contribution < 1.29 is 22.3 Å². The van der Waals surface area contributed by atoms with Gasteiger partial charge < -0.3 is 24.2 Å². The van der Waals surface area contributed by atoms with Gasteiger partial charge in [0.2, 0.25) is 16.8 Å². The van der Waals surface area contributed by atoms with Gasteiger partial charge >= 0.3 is 0 Å². The Morgan fingerprint density at radius 1 is 1.19 bits per heavy atom. The first-order chi connectivity index (χ1) is 17.2. The summed E-state index contributed by atoms with van der Waals surface area (Å²) in [6.45, 7) is 6.07. The van der Waals surface area contributed by atoms with Crippen LogP contribution in [0.5, 0.6) is 11.5 Å². The molecule has 1 aromatic carbocycles. The quantitative estimate of drug-likeness (QED) is 0.308. The molecule has 190 valence electrons. The van der Waals surface area contributed by atoms with Crippen LogP contribution in [0.25, 0.3) is 22.5 Å². The summed E-state index contributed by atoms with van der Waals surface area (Å²) in [4.78, 5) is 14.0. The largest absolute Gasteiger partial charge is 0.461 e. The molecule has 1 aliphatic rings. The number of anilines is 1. The van der Waals surface area contributed by atoms with E-state index in [9.17, 15) is 8.42 Å². The Kier molecular flexibility index (Phi) is 6.53. The predicted octanol–water partition coefficient (Wildman–Crippen LogP) is 3.57. The minimum absolute atomic E-state index is 0.150. The number of nitrogens with one attached hydrogen (secondary N) is 1. The molecule has 5 rings (SSSR count). The molecule has 11 nitrogen and oxygen atoms in total. The first kappa shape index (κ1) is 24.4. The third-order valence-corrected chi connectivity index (χ3v) is 8.59. The van der Waals surface area contributed by atoms with Crippen LogP contribution in [0.3, 0.4) is 0 Å². The van der Waals surface area contributed by atoms with Crippen molar-refractivity contribution in [1.82, 2.24) is 24.2 Å². The molecule has 0 bridgehead atoms. The molecule has 0 aliphatic carbocycles. The summed E-state index contributed by atoms with van der Waals surface area (Å²) in [7, 11) is -3.35. The summed E-state index contributed by atoms with van der Waals surface area (Å²) >= 11 is 1.41. The summed E-state index contributed by atoms with van der Waals surface area (Å²) in [5.74, 6) is 3.03. The zero-order valence-corrected chi connectivity index (χ0v) is 21.6. The van der Waals surface area contributed by atoms with Crippen LogP contribution in [0, 0.1) is 6.92 Å². The zero-order valence-electron chi connectivity index (χ0n) is 20.0. The smallest absolute Gasteiger partial charge is 0.231 e. The van der Waals surface area contributed by atoms with Crippen molar-refractivity contribution in [3.05, 3.63) is 36.4 Å². The molecule has 3 N–H and O–H groups in total. The number of aromatic nitrogens is 4. The maximum absolute atomic E-state index is 12.1. The van der Waals surface area contributed by atoms with E-state index < -0.39 is 15.3 Å². The van der Waals surface area contributed by atoms with Gasteiger partial charge in [-0.25, -0.2) is 28.1 Å². The molecule has 0 fully saturated rings. The van der Waals surface area contributed by atoms with Crippen molar-refractivity contribution in [3.63, 3.8) is 0 Å². The number of nitrogen functional groups attached to an aromatic ring is 1. The Morgan fingerprint density at radius 2 is 1.97 bits per heavy atom. The highest BCUT2D eigenvalue weighted by molar-refractivity contribution is 7.99. The van der Waals surface area contributed by atoms with Crippen molar-refractivity contribution in [2.24, 2.45) is 0 Å². The molecular weight excluding hydrogens is 504 g/mol. The van der Waals surface area contributed by atoms with E-state index in [-0.39, 0.29) is 19.2 Å². The topological polar surface area (TPSA) is 147 Å². The fourth-order valence-electron chi connectivity index (χ4n) is 3.71. The lowest BCUT2D eigenvalue weighted by Crippen LogP contribution is -2.31. The van der Waals surface area contributed by atoms with Crippen LogP contribution in [0.2, 0.25) is 0 Å². The van der Waals surface area contributed by atoms with Gasteiger partial charge in [-0.3, -0.25) is 0 Å². The molecule has 1 aliphatic heterocycles. The lowest BCUT2D eigenvalue weighted by molar-refractivity contribution is 0.174. The first-order valence-corrected chi connectivity index (χ1v) is 13.7. The third-order valence-electron chi connectivity index (χ3n) is 5.69. The van der Waals surface area contributed by atoms with Gasteiger partial charge in [-0.15, -0.1) is 0 Å². The fraction of sp³-hybridized carbons (Fsp3) is 0.348. The van der Waals surface area contributed by atoms with Crippen molar-refractivity contribution >= 4 is 38.8 Å². The van der Waals surface area contributed by atoms with E-state index in [0.717, 1.165) is 16.2 Å². The minimum Gasteiger partial charge on any atom is -0.461 e. The maximum atomic E-state index is 12.1. The van der Waals surface area contributed by atoms with Crippen molar-refractivity contribution in [2.75, 3.05) is 19.1 Å². The third kappa shape index (κ3) is 4.73. The van der Waals surface area contributed by atoms with E-state index in [1.54, 1.807) is 13.8 Å². The van der Waals surface area contributed by atoms with Crippen LogP contribution >= 0.6 is 11.8 Å². The van der Waals surface area contributed by atoms with Crippen LogP contribution in [-0.2, 0) is 16.6 Å². The van der Waals surface area contributed by atoms with Crippen molar-refractivity contribution in [2.45, 2.75) is 49.0 Å². The van der Waals surface area contributed by atoms with Gasteiger partial charge in [-0.05, 0) is 51.5 Å². The molecule has 4 aromatic rings. The van der Waals surface area contributed by atoms with Crippen molar-refractivity contribution in [3.8, 4) is 22.8 Å². The van der Waals surface area contributed by atoms with Crippen LogP contribution < -0.4 is 19.9 Å². The number of sulfonamides is 1. The Labute approximate surface area is 212 Å². The van der Waals surface area contributed by atoms with Crippen LogP contribution in [0.1, 0.15) is 26.0 Å². The number of fused-ring (bicyclic) bond motifs is 2. The highest BCUT2D eigenvalue weighted by Gasteiger charge is 2.23. The number of ether oxygens (including phenoxy) is 2. The average molecular weight is 531 g/mol. The summed E-state index contributed by atoms with van der Waals surface area (Å²) in [5.41, 5.74) is 7.99. The number of aryl methyl sites for hydroxylation is 2. The highest BCUT2D eigenvalue weighted by atomic mass is 32.2. The summed E-state index contributed by atoms with van der Waals surface area (Å²) < 4.78 is 45.9. The maximum Gasteiger partial charge on any atom is 0.231 e. The lowest BCUT2D eigenvalue weighted by atomic mass is 10.1. The Hall–Kier alpha value is -3.29. The Balaban J connectivity index is 1.50. The van der Waals surface area contributed by atoms with Gasteiger partial charge in [-0.1, -0.05) is 11.8 Å². The Bertz CT molecular complexity index is 1530. The molecule has 3 aromatic heterocycles. The molecule has 0 saturated heterocycles. The van der Waals surface area contributed by atoms with Crippen molar-refractivity contribution in [1.29, 1.82) is 0 Å². The summed E-state index contributed by atoms with van der Waals surface area (Å²) in [6.07, 6.45) is 1.92. The number of benzene rings is 1. The molecule has 0 saturated carbocycles.